The van der Waals surface area contributed by atoms with Crippen LogP contribution in [0, 0.1) is 6.92 Å². The molecule has 1 aromatic carbocycles. The molecular weight excluding hydrogens is 360 g/mol. The van der Waals surface area contributed by atoms with Crippen molar-refractivity contribution in [1.29, 1.82) is 0 Å². The van der Waals surface area contributed by atoms with Gasteiger partial charge in [0.1, 0.15) is 28.5 Å². The number of hydrogen-bond donors (Lipinski definition) is 2. The molecular formula is C21H27N2O3S+. The average molecular weight is 388 g/mol. The Morgan fingerprint density at radius 2 is 2.11 bits per heavy atom. The minimum absolute atomic E-state index is 0.175. The summed E-state index contributed by atoms with van der Waals surface area (Å²) < 4.78 is 5.65. The van der Waals surface area contributed by atoms with Gasteiger partial charge < -0.3 is 14.7 Å². The molecule has 27 heavy (non-hydrogen) atoms. The van der Waals surface area contributed by atoms with Crippen molar-refractivity contribution in [2.45, 2.75) is 46.3 Å². The highest BCUT2D eigenvalue weighted by Gasteiger charge is 2.31. The monoisotopic (exact) mass is 387 g/mol. The van der Waals surface area contributed by atoms with Gasteiger partial charge in [-0.3, -0.25) is 0 Å². The third-order valence-electron chi connectivity index (χ3n) is 4.44. The first-order valence-corrected chi connectivity index (χ1v) is 9.98. The van der Waals surface area contributed by atoms with Crippen LogP contribution in [0.3, 0.4) is 0 Å². The van der Waals surface area contributed by atoms with Gasteiger partial charge in [-0.25, -0.2) is 9.79 Å². The van der Waals surface area contributed by atoms with Crippen molar-refractivity contribution in [3.63, 3.8) is 0 Å². The van der Waals surface area contributed by atoms with Gasteiger partial charge in [-0.15, -0.1) is 11.3 Å². The van der Waals surface area contributed by atoms with Crippen molar-refractivity contribution in [3.8, 4) is 5.75 Å². The lowest BCUT2D eigenvalue weighted by atomic mass is 10.0. The highest BCUT2D eigenvalue weighted by molar-refractivity contribution is 7.16. The number of likely N-dealkylation sites (N-methyl/N-ethyl adjacent to an activating group) is 1. The molecule has 5 nitrogen and oxygen atoms in total. The number of ether oxygens (including phenoxy) is 1. The fourth-order valence-corrected chi connectivity index (χ4v) is 4.44. The molecule has 0 spiro atoms. The smallest absolute Gasteiger partial charge is 0.342 e. The van der Waals surface area contributed by atoms with Crippen LogP contribution >= 0.6 is 11.3 Å². The Bertz CT molecular complexity index is 894. The number of aryl methyl sites for hydroxylation is 1. The Morgan fingerprint density at radius 3 is 2.81 bits per heavy atom. The number of nitrogens with one attached hydrogen (secondary N) is 1. The SMILES string of the molecule is Cc1ccc(O)c(/C=N/c2sc3c(c2C(=O)OC(C)(C)C)CC[NH+](C)C3)c1. The Balaban J connectivity index is 2.02. The van der Waals surface area contributed by atoms with Gasteiger partial charge in [0, 0.05) is 18.2 Å². The number of nitrogens with zero attached hydrogens (tertiary/aromatic N) is 1. The van der Waals surface area contributed by atoms with Gasteiger partial charge in [-0.2, -0.15) is 0 Å². The number of rotatable bonds is 3. The van der Waals surface area contributed by atoms with Crippen LogP contribution in [-0.4, -0.2) is 36.5 Å². The summed E-state index contributed by atoms with van der Waals surface area (Å²) in [5.74, 6) is -0.145. The number of aliphatic imine (C=N–C) groups is 1. The van der Waals surface area contributed by atoms with E-state index in [1.165, 1.54) is 9.78 Å². The normalized spacial score (nSPS) is 17.1. The van der Waals surface area contributed by atoms with Crippen LogP contribution in [0.2, 0.25) is 0 Å². The number of esters is 1. The van der Waals surface area contributed by atoms with Crippen LogP contribution in [0.1, 0.15) is 52.7 Å². The second-order valence-electron chi connectivity index (χ2n) is 8.14. The van der Waals surface area contributed by atoms with Crippen LogP contribution in [0.15, 0.2) is 23.2 Å². The number of phenols is 1. The third-order valence-corrected chi connectivity index (χ3v) is 5.58. The van der Waals surface area contributed by atoms with Gasteiger partial charge in [-0.1, -0.05) is 11.6 Å². The van der Waals surface area contributed by atoms with Crippen molar-refractivity contribution >= 4 is 28.5 Å². The molecule has 2 N–H and O–H groups in total. The molecule has 144 valence electrons. The zero-order valence-corrected chi connectivity index (χ0v) is 17.4. The fraction of sp³-hybridized carbons (Fsp3) is 0.429. The number of carbonyl (C=O) groups excluding carboxylic acids is 1. The van der Waals surface area contributed by atoms with Gasteiger partial charge in [0.2, 0.25) is 0 Å². The van der Waals surface area contributed by atoms with E-state index < -0.39 is 5.60 Å². The lowest BCUT2D eigenvalue weighted by Crippen LogP contribution is -3.08. The molecule has 1 aliphatic heterocycles. The largest absolute Gasteiger partial charge is 0.507 e. The maximum atomic E-state index is 12.9. The van der Waals surface area contributed by atoms with Gasteiger partial charge >= 0.3 is 5.97 Å². The molecule has 0 bridgehead atoms. The van der Waals surface area contributed by atoms with Crippen molar-refractivity contribution in [3.05, 3.63) is 45.3 Å². The Labute approximate surface area is 164 Å². The average Bonchev–Trinajstić information content (AvgIpc) is 2.91. The first-order valence-electron chi connectivity index (χ1n) is 9.17. The van der Waals surface area contributed by atoms with E-state index in [2.05, 4.69) is 12.0 Å². The van der Waals surface area contributed by atoms with Crippen molar-refractivity contribution in [1.82, 2.24) is 0 Å². The number of fused-ring (bicyclic) bond motifs is 1. The number of benzene rings is 1. The van der Waals surface area contributed by atoms with Gasteiger partial charge in [-0.05, 0) is 45.4 Å². The maximum absolute atomic E-state index is 12.9. The summed E-state index contributed by atoms with van der Waals surface area (Å²) in [6, 6.07) is 5.38. The van der Waals surface area contributed by atoms with Crippen LogP contribution in [0.4, 0.5) is 5.00 Å². The lowest BCUT2D eigenvalue weighted by Gasteiger charge is -2.22. The van der Waals surface area contributed by atoms with E-state index in [9.17, 15) is 9.90 Å². The number of thiophene rings is 1. The molecule has 1 aliphatic rings. The number of phenolic OH excluding ortho intramolecular Hbond substituents is 1. The molecule has 0 aliphatic carbocycles. The van der Waals surface area contributed by atoms with E-state index in [4.69, 9.17) is 4.74 Å². The molecule has 0 saturated heterocycles. The first kappa shape index (κ1) is 19.6. The summed E-state index contributed by atoms with van der Waals surface area (Å²) in [5, 5.41) is 10.7. The van der Waals surface area contributed by atoms with E-state index in [1.807, 2.05) is 39.8 Å². The van der Waals surface area contributed by atoms with Crippen molar-refractivity contribution in [2.24, 2.45) is 4.99 Å². The highest BCUT2D eigenvalue weighted by Crippen LogP contribution is 2.38. The Morgan fingerprint density at radius 1 is 1.37 bits per heavy atom. The van der Waals surface area contributed by atoms with Gasteiger partial charge in [0.15, 0.2) is 0 Å². The number of quaternary nitrogens is 1. The molecule has 2 heterocycles. The molecule has 1 atom stereocenters. The van der Waals surface area contributed by atoms with Crippen LogP contribution in [0.5, 0.6) is 5.75 Å². The number of hydrogen-bond acceptors (Lipinski definition) is 5. The number of carbonyl (C=O) groups is 1. The quantitative estimate of drug-likeness (QED) is 0.629. The second-order valence-corrected chi connectivity index (χ2v) is 9.22. The molecule has 0 saturated carbocycles. The third kappa shape index (κ3) is 4.57. The van der Waals surface area contributed by atoms with E-state index in [0.29, 0.717) is 16.1 Å². The van der Waals surface area contributed by atoms with Crippen molar-refractivity contribution < 1.29 is 19.5 Å². The molecule has 1 aromatic heterocycles. The predicted molar refractivity (Wildman–Crippen MR) is 109 cm³/mol. The number of aromatic hydroxyl groups is 1. The highest BCUT2D eigenvalue weighted by atomic mass is 32.1. The summed E-state index contributed by atoms with van der Waals surface area (Å²) in [6.45, 7) is 9.45. The van der Waals surface area contributed by atoms with E-state index in [-0.39, 0.29) is 11.7 Å². The zero-order chi connectivity index (χ0) is 19.8. The first-order chi connectivity index (χ1) is 12.6. The standard InChI is InChI=1S/C21H26N2O3S/c1-13-6-7-16(24)14(10-13)11-22-19-18(20(25)26-21(2,3)4)15-8-9-23(5)12-17(15)27-19/h6-7,10-11,24H,8-9,12H2,1-5H3/p+1/b22-11+. The molecule has 1 unspecified atom stereocenters. The summed E-state index contributed by atoms with van der Waals surface area (Å²) in [4.78, 5) is 20.1. The Kier molecular flexibility index (Phi) is 5.40. The lowest BCUT2D eigenvalue weighted by molar-refractivity contribution is -0.895. The molecule has 0 amide bonds. The maximum Gasteiger partial charge on any atom is 0.342 e. The van der Waals surface area contributed by atoms with E-state index in [1.54, 1.807) is 23.6 Å². The summed E-state index contributed by atoms with van der Waals surface area (Å²) in [6.07, 6.45) is 2.47. The van der Waals surface area contributed by atoms with E-state index in [0.717, 1.165) is 30.6 Å². The van der Waals surface area contributed by atoms with Crippen LogP contribution in [0.25, 0.3) is 0 Å². The van der Waals surface area contributed by atoms with Gasteiger partial charge in [0.05, 0.1) is 18.5 Å². The molecule has 6 heteroatoms. The fourth-order valence-electron chi connectivity index (χ4n) is 3.14. The minimum Gasteiger partial charge on any atom is -0.507 e. The second kappa shape index (κ2) is 7.44. The molecule has 3 rings (SSSR count). The Hall–Kier alpha value is -2.18. The molecule has 0 radical (unpaired) electrons. The predicted octanol–water partition coefficient (Wildman–Crippen LogP) is 3.04. The topological polar surface area (TPSA) is 63.3 Å². The molecule has 0 fully saturated rings. The van der Waals surface area contributed by atoms with Gasteiger partial charge in [0.25, 0.3) is 0 Å². The van der Waals surface area contributed by atoms with E-state index >= 15 is 0 Å². The minimum atomic E-state index is -0.557. The molecule has 2 aromatic rings. The summed E-state index contributed by atoms with van der Waals surface area (Å²) in [7, 11) is 2.16. The van der Waals surface area contributed by atoms with Crippen LogP contribution < -0.4 is 4.90 Å². The van der Waals surface area contributed by atoms with Crippen molar-refractivity contribution in [2.75, 3.05) is 13.6 Å². The summed E-state index contributed by atoms with van der Waals surface area (Å²) in [5.41, 5.74) is 2.77. The summed E-state index contributed by atoms with van der Waals surface area (Å²) >= 11 is 1.55. The van der Waals surface area contributed by atoms with Crippen LogP contribution in [-0.2, 0) is 17.7 Å². The zero-order valence-electron chi connectivity index (χ0n) is 16.5.